The van der Waals surface area contributed by atoms with Gasteiger partial charge in [-0.05, 0) is 31.1 Å². The summed E-state index contributed by atoms with van der Waals surface area (Å²) in [5, 5.41) is 8.86. The normalized spacial score (nSPS) is 31.9. The van der Waals surface area contributed by atoms with E-state index in [0.717, 1.165) is 24.7 Å². The lowest BCUT2D eigenvalue weighted by molar-refractivity contribution is 0.0690. The predicted molar refractivity (Wildman–Crippen MR) is 65.5 cm³/mol. The standard InChI is InChI=1S/C14H19NO3/c16-14(17)12-8-18-13(15-12)11-6-5-9-3-1-2-4-10(9)7-11/h8-11H,1-7H2,(H,16,17). The van der Waals surface area contributed by atoms with E-state index in [1.165, 1.54) is 38.4 Å². The van der Waals surface area contributed by atoms with E-state index in [9.17, 15) is 4.79 Å². The lowest BCUT2D eigenvalue weighted by Gasteiger charge is -2.38. The Morgan fingerprint density at radius 1 is 1.22 bits per heavy atom. The van der Waals surface area contributed by atoms with Crippen molar-refractivity contribution < 1.29 is 14.3 Å². The van der Waals surface area contributed by atoms with Crippen LogP contribution in [-0.4, -0.2) is 16.1 Å². The minimum atomic E-state index is -1.00. The highest BCUT2D eigenvalue weighted by Crippen LogP contribution is 2.45. The van der Waals surface area contributed by atoms with E-state index in [1.807, 2.05) is 0 Å². The Balaban J connectivity index is 1.71. The summed E-state index contributed by atoms with van der Waals surface area (Å²) in [5.74, 6) is 1.66. The van der Waals surface area contributed by atoms with Gasteiger partial charge < -0.3 is 9.52 Å². The molecule has 0 saturated heterocycles. The van der Waals surface area contributed by atoms with Gasteiger partial charge in [-0.3, -0.25) is 0 Å². The van der Waals surface area contributed by atoms with Crippen LogP contribution in [0.5, 0.6) is 0 Å². The van der Waals surface area contributed by atoms with E-state index in [2.05, 4.69) is 4.98 Å². The molecule has 2 aliphatic carbocycles. The molecule has 1 N–H and O–H groups in total. The number of hydrogen-bond acceptors (Lipinski definition) is 3. The second-order valence-electron chi connectivity index (χ2n) is 5.69. The molecule has 0 amide bonds. The van der Waals surface area contributed by atoms with Crippen molar-refractivity contribution in [3.63, 3.8) is 0 Å². The minimum Gasteiger partial charge on any atom is -0.476 e. The van der Waals surface area contributed by atoms with E-state index in [1.54, 1.807) is 0 Å². The maximum atomic E-state index is 10.8. The van der Waals surface area contributed by atoms with Gasteiger partial charge in [0.1, 0.15) is 6.26 Å². The number of fused-ring (bicyclic) bond motifs is 1. The average molecular weight is 249 g/mol. The number of oxazole rings is 1. The molecule has 4 nitrogen and oxygen atoms in total. The number of rotatable bonds is 2. The van der Waals surface area contributed by atoms with Gasteiger partial charge >= 0.3 is 5.97 Å². The highest BCUT2D eigenvalue weighted by molar-refractivity contribution is 5.84. The Kier molecular flexibility index (Phi) is 3.10. The smallest absolute Gasteiger partial charge is 0.357 e. The maximum absolute atomic E-state index is 10.8. The zero-order valence-electron chi connectivity index (χ0n) is 10.5. The van der Waals surface area contributed by atoms with E-state index in [0.29, 0.717) is 11.8 Å². The van der Waals surface area contributed by atoms with Crippen LogP contribution in [0.15, 0.2) is 10.7 Å². The molecular weight excluding hydrogens is 230 g/mol. The van der Waals surface area contributed by atoms with Crippen LogP contribution in [0, 0.1) is 11.8 Å². The molecule has 1 aromatic rings. The van der Waals surface area contributed by atoms with E-state index >= 15 is 0 Å². The van der Waals surface area contributed by atoms with Crippen molar-refractivity contribution in [1.82, 2.24) is 4.98 Å². The second kappa shape index (κ2) is 4.75. The highest BCUT2D eigenvalue weighted by Gasteiger charge is 2.34. The Labute approximate surface area is 106 Å². The molecule has 0 aromatic carbocycles. The molecule has 2 fully saturated rings. The first-order valence-corrected chi connectivity index (χ1v) is 6.92. The molecule has 1 aromatic heterocycles. The van der Waals surface area contributed by atoms with Crippen LogP contribution in [-0.2, 0) is 0 Å². The molecule has 0 spiro atoms. The Morgan fingerprint density at radius 3 is 2.72 bits per heavy atom. The third kappa shape index (κ3) is 2.16. The highest BCUT2D eigenvalue weighted by atomic mass is 16.4. The summed E-state index contributed by atoms with van der Waals surface area (Å²) in [5.41, 5.74) is 0.0377. The van der Waals surface area contributed by atoms with Gasteiger partial charge in [0.25, 0.3) is 0 Å². The Morgan fingerprint density at radius 2 is 2.00 bits per heavy atom. The summed E-state index contributed by atoms with van der Waals surface area (Å²) in [6.45, 7) is 0. The van der Waals surface area contributed by atoms with Crippen molar-refractivity contribution in [2.75, 3.05) is 0 Å². The summed E-state index contributed by atoms with van der Waals surface area (Å²) >= 11 is 0. The number of carbonyl (C=O) groups is 1. The molecule has 0 radical (unpaired) electrons. The molecule has 1 heterocycles. The van der Waals surface area contributed by atoms with Crippen molar-refractivity contribution in [2.24, 2.45) is 11.8 Å². The zero-order chi connectivity index (χ0) is 12.5. The molecule has 2 saturated carbocycles. The minimum absolute atomic E-state index is 0.0377. The van der Waals surface area contributed by atoms with Crippen molar-refractivity contribution in [3.05, 3.63) is 17.8 Å². The monoisotopic (exact) mass is 249 g/mol. The molecule has 3 unspecified atom stereocenters. The van der Waals surface area contributed by atoms with Crippen molar-refractivity contribution >= 4 is 5.97 Å². The summed E-state index contributed by atoms with van der Waals surface area (Å²) in [4.78, 5) is 14.9. The molecule has 4 heteroatoms. The number of nitrogens with zero attached hydrogens (tertiary/aromatic N) is 1. The van der Waals surface area contributed by atoms with Gasteiger partial charge in [0.05, 0.1) is 0 Å². The summed E-state index contributed by atoms with van der Waals surface area (Å²) in [6.07, 6.45) is 10.2. The van der Waals surface area contributed by atoms with Crippen molar-refractivity contribution in [3.8, 4) is 0 Å². The van der Waals surface area contributed by atoms with E-state index < -0.39 is 5.97 Å². The average Bonchev–Trinajstić information content (AvgIpc) is 2.88. The predicted octanol–water partition coefficient (Wildman–Crippen LogP) is 3.45. The quantitative estimate of drug-likeness (QED) is 0.872. The number of hydrogen-bond donors (Lipinski definition) is 1. The Hall–Kier alpha value is -1.32. The number of carboxylic acids is 1. The number of aromatic nitrogens is 1. The van der Waals surface area contributed by atoms with Crippen LogP contribution >= 0.6 is 0 Å². The third-order valence-corrected chi connectivity index (χ3v) is 4.63. The van der Waals surface area contributed by atoms with Gasteiger partial charge in [0.15, 0.2) is 11.6 Å². The van der Waals surface area contributed by atoms with Crippen LogP contribution in [0.2, 0.25) is 0 Å². The number of aromatic carboxylic acids is 1. The van der Waals surface area contributed by atoms with Crippen LogP contribution in [0.25, 0.3) is 0 Å². The lowest BCUT2D eigenvalue weighted by Crippen LogP contribution is -2.27. The maximum Gasteiger partial charge on any atom is 0.357 e. The number of carboxylic acid groups (broad SMARTS) is 1. The van der Waals surface area contributed by atoms with Crippen LogP contribution in [0.4, 0.5) is 0 Å². The molecular formula is C14H19NO3. The fraction of sp³-hybridized carbons (Fsp3) is 0.714. The van der Waals surface area contributed by atoms with Crippen LogP contribution in [0.3, 0.4) is 0 Å². The second-order valence-corrected chi connectivity index (χ2v) is 5.69. The molecule has 18 heavy (non-hydrogen) atoms. The molecule has 0 aliphatic heterocycles. The molecule has 3 atom stereocenters. The van der Waals surface area contributed by atoms with Crippen molar-refractivity contribution in [1.29, 1.82) is 0 Å². The first-order valence-electron chi connectivity index (χ1n) is 6.92. The fourth-order valence-corrected chi connectivity index (χ4v) is 3.67. The lowest BCUT2D eigenvalue weighted by atomic mass is 9.67. The SMILES string of the molecule is O=C(O)c1coc(C2CCC3CCCCC3C2)n1. The van der Waals surface area contributed by atoms with Crippen LogP contribution < -0.4 is 0 Å². The first kappa shape index (κ1) is 11.8. The van der Waals surface area contributed by atoms with Gasteiger partial charge in [-0.25, -0.2) is 9.78 Å². The topological polar surface area (TPSA) is 63.3 Å². The van der Waals surface area contributed by atoms with Crippen molar-refractivity contribution in [2.45, 2.75) is 50.9 Å². The largest absolute Gasteiger partial charge is 0.476 e. The van der Waals surface area contributed by atoms with Gasteiger partial charge in [0.2, 0.25) is 0 Å². The van der Waals surface area contributed by atoms with E-state index in [4.69, 9.17) is 9.52 Å². The van der Waals surface area contributed by atoms with E-state index in [-0.39, 0.29) is 5.69 Å². The summed E-state index contributed by atoms with van der Waals surface area (Å²) in [7, 11) is 0. The molecule has 2 aliphatic rings. The van der Waals surface area contributed by atoms with Gasteiger partial charge in [-0.2, -0.15) is 0 Å². The van der Waals surface area contributed by atoms with Gasteiger partial charge in [-0.1, -0.05) is 25.7 Å². The Bertz CT molecular complexity index is 440. The van der Waals surface area contributed by atoms with Crippen LogP contribution in [0.1, 0.15) is 67.2 Å². The van der Waals surface area contributed by atoms with Gasteiger partial charge in [0, 0.05) is 5.92 Å². The molecule has 3 rings (SSSR count). The van der Waals surface area contributed by atoms with Gasteiger partial charge in [-0.15, -0.1) is 0 Å². The first-order chi connectivity index (χ1) is 8.74. The third-order valence-electron chi connectivity index (χ3n) is 4.63. The molecule has 98 valence electrons. The zero-order valence-corrected chi connectivity index (χ0v) is 10.5. The molecule has 0 bridgehead atoms. The summed E-state index contributed by atoms with van der Waals surface area (Å²) in [6, 6.07) is 0. The fourth-order valence-electron chi connectivity index (χ4n) is 3.67. The summed E-state index contributed by atoms with van der Waals surface area (Å²) < 4.78 is 5.35.